The second-order valence-electron chi connectivity index (χ2n) is 4.50. The van der Waals surface area contributed by atoms with Crippen molar-refractivity contribution in [3.05, 3.63) is 29.8 Å². The van der Waals surface area contributed by atoms with E-state index in [1.54, 1.807) is 12.1 Å². The fourth-order valence-electron chi connectivity index (χ4n) is 2.13. The van der Waals surface area contributed by atoms with E-state index >= 15 is 0 Å². The monoisotopic (exact) mass is 240 g/mol. The van der Waals surface area contributed by atoms with Crippen molar-refractivity contribution < 1.29 is 8.78 Å². The van der Waals surface area contributed by atoms with E-state index in [0.29, 0.717) is 0 Å². The number of anilines is 1. The third-order valence-corrected chi connectivity index (χ3v) is 3.21. The van der Waals surface area contributed by atoms with E-state index in [1.807, 2.05) is 0 Å². The van der Waals surface area contributed by atoms with Crippen LogP contribution in [0.2, 0.25) is 0 Å². The summed E-state index contributed by atoms with van der Waals surface area (Å²) in [6, 6.07) is 6.39. The van der Waals surface area contributed by atoms with Gasteiger partial charge in [0.1, 0.15) is 0 Å². The van der Waals surface area contributed by atoms with Crippen LogP contribution in [-0.4, -0.2) is 19.6 Å². The molecule has 0 spiro atoms. The maximum absolute atomic E-state index is 12.3. The number of nitrogens with one attached hydrogen (secondary N) is 2. The first kappa shape index (κ1) is 12.3. The van der Waals surface area contributed by atoms with E-state index < -0.39 is 6.43 Å². The van der Waals surface area contributed by atoms with Crippen molar-refractivity contribution >= 4 is 5.69 Å². The highest BCUT2D eigenvalue weighted by atomic mass is 19.3. The van der Waals surface area contributed by atoms with E-state index in [-0.39, 0.29) is 5.56 Å². The summed E-state index contributed by atoms with van der Waals surface area (Å²) < 4.78 is 24.7. The van der Waals surface area contributed by atoms with Crippen molar-refractivity contribution in [3.8, 4) is 0 Å². The van der Waals surface area contributed by atoms with Crippen molar-refractivity contribution in [2.45, 2.75) is 19.3 Å². The van der Waals surface area contributed by atoms with Crippen molar-refractivity contribution in [1.82, 2.24) is 5.32 Å². The minimum atomic E-state index is -2.38. The molecule has 0 bridgehead atoms. The molecule has 1 aliphatic heterocycles. The predicted octanol–water partition coefficient (Wildman–Crippen LogP) is 3.04. The van der Waals surface area contributed by atoms with Gasteiger partial charge in [-0.05, 0) is 44.0 Å². The standard InChI is InChI=1S/C13H18F2N2/c14-13(15)11-1-3-12(4-2-11)17-8-6-10-5-7-16-9-10/h1-4,10,13,16-17H,5-9H2. The smallest absolute Gasteiger partial charge is 0.263 e. The summed E-state index contributed by atoms with van der Waals surface area (Å²) in [6.45, 7) is 3.13. The SMILES string of the molecule is FC(F)c1ccc(NCCC2CCNC2)cc1. The van der Waals surface area contributed by atoms with E-state index in [9.17, 15) is 8.78 Å². The molecule has 1 atom stereocenters. The van der Waals surface area contributed by atoms with Gasteiger partial charge in [-0.1, -0.05) is 12.1 Å². The molecule has 94 valence electrons. The lowest BCUT2D eigenvalue weighted by Crippen LogP contribution is -2.12. The Bertz CT molecular complexity index is 332. The van der Waals surface area contributed by atoms with Crippen LogP contribution in [0.5, 0.6) is 0 Å². The Balaban J connectivity index is 1.74. The molecule has 1 aliphatic rings. The predicted molar refractivity (Wildman–Crippen MR) is 65.5 cm³/mol. The molecule has 0 saturated carbocycles. The van der Waals surface area contributed by atoms with Crippen LogP contribution in [0.25, 0.3) is 0 Å². The highest BCUT2D eigenvalue weighted by Gasteiger charge is 2.13. The Hall–Kier alpha value is -1.16. The molecule has 0 amide bonds. The highest BCUT2D eigenvalue weighted by Crippen LogP contribution is 2.20. The van der Waals surface area contributed by atoms with E-state index in [2.05, 4.69) is 10.6 Å². The summed E-state index contributed by atoms with van der Waals surface area (Å²) in [7, 11) is 0. The summed E-state index contributed by atoms with van der Waals surface area (Å²) in [5.74, 6) is 0.753. The molecular formula is C13H18F2N2. The average molecular weight is 240 g/mol. The van der Waals surface area contributed by atoms with Crippen LogP contribution in [0.4, 0.5) is 14.5 Å². The molecular weight excluding hydrogens is 222 g/mol. The number of benzene rings is 1. The lowest BCUT2D eigenvalue weighted by Gasteiger charge is -2.10. The normalized spacial score (nSPS) is 19.8. The molecule has 1 aromatic carbocycles. The van der Waals surface area contributed by atoms with Crippen LogP contribution in [0.3, 0.4) is 0 Å². The molecule has 17 heavy (non-hydrogen) atoms. The fourth-order valence-corrected chi connectivity index (χ4v) is 2.13. The van der Waals surface area contributed by atoms with Gasteiger partial charge in [-0.15, -0.1) is 0 Å². The molecule has 0 aromatic heterocycles. The number of halogens is 2. The van der Waals surface area contributed by atoms with Crippen LogP contribution in [0.1, 0.15) is 24.8 Å². The summed E-state index contributed by atoms with van der Waals surface area (Å²) in [4.78, 5) is 0. The van der Waals surface area contributed by atoms with Gasteiger partial charge in [0.15, 0.2) is 0 Å². The second-order valence-corrected chi connectivity index (χ2v) is 4.50. The van der Waals surface area contributed by atoms with Crippen LogP contribution in [-0.2, 0) is 0 Å². The van der Waals surface area contributed by atoms with Gasteiger partial charge in [0.2, 0.25) is 0 Å². The zero-order valence-electron chi connectivity index (χ0n) is 9.76. The first-order chi connectivity index (χ1) is 8.25. The Morgan fingerprint density at radius 1 is 1.29 bits per heavy atom. The minimum absolute atomic E-state index is 0.0792. The molecule has 1 fully saturated rings. The van der Waals surface area contributed by atoms with E-state index in [4.69, 9.17) is 0 Å². The Morgan fingerprint density at radius 2 is 2.06 bits per heavy atom. The lowest BCUT2D eigenvalue weighted by molar-refractivity contribution is 0.151. The molecule has 1 saturated heterocycles. The van der Waals surface area contributed by atoms with E-state index in [1.165, 1.54) is 18.6 Å². The molecule has 2 nitrogen and oxygen atoms in total. The molecule has 2 rings (SSSR count). The minimum Gasteiger partial charge on any atom is -0.385 e. The van der Waals surface area contributed by atoms with Crippen molar-refractivity contribution in [2.75, 3.05) is 25.0 Å². The van der Waals surface area contributed by atoms with Gasteiger partial charge in [-0.2, -0.15) is 0 Å². The Morgan fingerprint density at radius 3 is 2.65 bits per heavy atom. The molecule has 2 N–H and O–H groups in total. The first-order valence-electron chi connectivity index (χ1n) is 6.08. The highest BCUT2D eigenvalue weighted by molar-refractivity contribution is 5.44. The van der Waals surface area contributed by atoms with Crippen molar-refractivity contribution in [1.29, 1.82) is 0 Å². The lowest BCUT2D eigenvalue weighted by atomic mass is 10.1. The van der Waals surface area contributed by atoms with Crippen molar-refractivity contribution in [3.63, 3.8) is 0 Å². The van der Waals surface area contributed by atoms with Gasteiger partial charge in [-0.25, -0.2) is 8.78 Å². The summed E-state index contributed by atoms with van der Waals surface area (Å²) in [5, 5.41) is 6.59. The molecule has 4 heteroatoms. The van der Waals surface area contributed by atoms with Gasteiger partial charge in [0, 0.05) is 17.8 Å². The average Bonchev–Trinajstić information content (AvgIpc) is 2.83. The van der Waals surface area contributed by atoms with Crippen LogP contribution >= 0.6 is 0 Å². The maximum atomic E-state index is 12.3. The second kappa shape index (κ2) is 5.96. The Kier molecular flexibility index (Phi) is 4.31. The summed E-state index contributed by atoms with van der Waals surface area (Å²) in [5.41, 5.74) is 0.996. The van der Waals surface area contributed by atoms with Gasteiger partial charge in [-0.3, -0.25) is 0 Å². The zero-order valence-corrected chi connectivity index (χ0v) is 9.76. The largest absolute Gasteiger partial charge is 0.385 e. The third-order valence-electron chi connectivity index (χ3n) is 3.21. The number of hydrogen-bond donors (Lipinski definition) is 2. The van der Waals surface area contributed by atoms with Gasteiger partial charge < -0.3 is 10.6 Å². The van der Waals surface area contributed by atoms with Gasteiger partial charge in [0.25, 0.3) is 6.43 Å². The summed E-state index contributed by atoms with van der Waals surface area (Å²) in [6.07, 6.45) is -0.0103. The quantitative estimate of drug-likeness (QED) is 0.826. The first-order valence-corrected chi connectivity index (χ1v) is 6.08. The van der Waals surface area contributed by atoms with Crippen molar-refractivity contribution in [2.24, 2.45) is 5.92 Å². The van der Waals surface area contributed by atoms with Gasteiger partial charge >= 0.3 is 0 Å². The van der Waals surface area contributed by atoms with Crippen LogP contribution < -0.4 is 10.6 Å². The van der Waals surface area contributed by atoms with E-state index in [0.717, 1.165) is 37.7 Å². The van der Waals surface area contributed by atoms with Crippen LogP contribution in [0.15, 0.2) is 24.3 Å². The van der Waals surface area contributed by atoms with Crippen LogP contribution in [0, 0.1) is 5.92 Å². The molecule has 1 heterocycles. The topological polar surface area (TPSA) is 24.1 Å². The maximum Gasteiger partial charge on any atom is 0.263 e. The summed E-state index contributed by atoms with van der Waals surface area (Å²) >= 11 is 0. The number of alkyl halides is 2. The third kappa shape index (κ3) is 3.66. The number of hydrogen-bond acceptors (Lipinski definition) is 2. The molecule has 1 unspecified atom stereocenters. The van der Waals surface area contributed by atoms with Gasteiger partial charge in [0.05, 0.1) is 0 Å². The zero-order chi connectivity index (χ0) is 12.1. The molecule has 0 radical (unpaired) electrons. The molecule has 1 aromatic rings. The fraction of sp³-hybridized carbons (Fsp3) is 0.538. The number of rotatable bonds is 5. The Labute approximate surface area is 100 Å². The molecule has 0 aliphatic carbocycles.